The Hall–Kier alpha value is -0.810. The van der Waals surface area contributed by atoms with Crippen LogP contribution in [-0.4, -0.2) is 43.9 Å². The molecule has 0 aromatic heterocycles. The zero-order valence-corrected chi connectivity index (χ0v) is 11.3. The molecular weight excluding hydrogens is 230 g/mol. The number of carbonyl (C=O) groups is 1. The van der Waals surface area contributed by atoms with Gasteiger partial charge in [-0.2, -0.15) is 0 Å². The van der Waals surface area contributed by atoms with Crippen LogP contribution in [0.15, 0.2) is 0 Å². The molecule has 3 N–H and O–H groups in total. The zero-order chi connectivity index (χ0) is 12.8. The van der Waals surface area contributed by atoms with Crippen molar-refractivity contribution >= 4 is 6.03 Å². The number of hydrogen-bond acceptors (Lipinski definition) is 3. The van der Waals surface area contributed by atoms with Crippen molar-refractivity contribution in [2.75, 3.05) is 26.2 Å². The Bertz CT molecular complexity index is 277. The Kier molecular flexibility index (Phi) is 4.83. The molecule has 2 rings (SSSR count). The topological polar surface area (TPSA) is 62.4 Å². The minimum absolute atomic E-state index is 0.0446. The summed E-state index contributed by atoms with van der Waals surface area (Å²) in [6.07, 6.45) is 5.05. The molecule has 1 atom stereocenters. The van der Waals surface area contributed by atoms with E-state index < -0.39 is 0 Å². The molecule has 1 unspecified atom stereocenters. The third kappa shape index (κ3) is 3.14. The zero-order valence-electron chi connectivity index (χ0n) is 11.3. The molecule has 0 aromatic rings. The van der Waals surface area contributed by atoms with Crippen LogP contribution in [0.4, 0.5) is 4.79 Å². The molecule has 0 aliphatic carbocycles. The lowest BCUT2D eigenvalue weighted by Crippen LogP contribution is -2.56. The maximum absolute atomic E-state index is 11.8. The van der Waals surface area contributed by atoms with Crippen LogP contribution in [0.5, 0.6) is 0 Å². The van der Waals surface area contributed by atoms with Gasteiger partial charge in [-0.05, 0) is 38.8 Å². The van der Waals surface area contributed by atoms with E-state index in [9.17, 15) is 4.79 Å². The van der Waals surface area contributed by atoms with Crippen molar-refractivity contribution in [3.05, 3.63) is 0 Å². The van der Waals surface area contributed by atoms with Crippen molar-refractivity contribution in [2.24, 2.45) is 0 Å². The van der Waals surface area contributed by atoms with Gasteiger partial charge in [-0.25, -0.2) is 4.79 Å². The molecule has 2 saturated heterocycles. The van der Waals surface area contributed by atoms with E-state index >= 15 is 0 Å². The molecule has 2 amide bonds. The quantitative estimate of drug-likeness (QED) is 0.657. The second kappa shape index (κ2) is 6.38. The number of nitrogens with one attached hydrogen (secondary N) is 3. The molecule has 1 spiro atoms. The molecule has 2 fully saturated rings. The molecule has 5 heteroatoms. The van der Waals surface area contributed by atoms with Gasteiger partial charge in [0.1, 0.15) is 0 Å². The molecule has 2 aliphatic rings. The molecule has 0 saturated carbocycles. The number of piperidine rings is 1. The van der Waals surface area contributed by atoms with Gasteiger partial charge in [0.05, 0.1) is 11.6 Å². The Balaban J connectivity index is 1.82. The first-order valence-electron chi connectivity index (χ1n) is 7.16. The molecular formula is C13H25N3O2. The van der Waals surface area contributed by atoms with Crippen molar-refractivity contribution in [2.45, 2.75) is 50.7 Å². The highest BCUT2D eigenvalue weighted by atomic mass is 16.5. The van der Waals surface area contributed by atoms with E-state index in [0.29, 0.717) is 0 Å². The van der Waals surface area contributed by atoms with E-state index in [-0.39, 0.29) is 17.7 Å². The maximum Gasteiger partial charge on any atom is 0.315 e. The molecule has 0 bridgehead atoms. The summed E-state index contributed by atoms with van der Waals surface area (Å²) in [6.45, 7) is 5.60. The van der Waals surface area contributed by atoms with Gasteiger partial charge in [0.2, 0.25) is 0 Å². The Morgan fingerprint density at radius 2 is 2.22 bits per heavy atom. The molecule has 104 valence electrons. The Morgan fingerprint density at radius 1 is 1.44 bits per heavy atom. The Morgan fingerprint density at radius 3 is 2.94 bits per heavy atom. The highest BCUT2D eigenvalue weighted by Gasteiger charge is 2.45. The van der Waals surface area contributed by atoms with Crippen LogP contribution in [0.3, 0.4) is 0 Å². The van der Waals surface area contributed by atoms with Crippen LogP contribution in [-0.2, 0) is 4.74 Å². The van der Waals surface area contributed by atoms with Crippen molar-refractivity contribution in [3.63, 3.8) is 0 Å². The van der Waals surface area contributed by atoms with Gasteiger partial charge in [-0.3, -0.25) is 0 Å². The largest absolute Gasteiger partial charge is 0.373 e. The molecule has 2 aliphatic heterocycles. The van der Waals surface area contributed by atoms with Crippen LogP contribution in [0.2, 0.25) is 0 Å². The predicted octanol–water partition coefficient (Wildman–Crippen LogP) is 0.997. The average molecular weight is 255 g/mol. The third-order valence-electron chi connectivity index (χ3n) is 4.00. The fraction of sp³-hybridized carbons (Fsp3) is 0.923. The van der Waals surface area contributed by atoms with E-state index in [1.807, 2.05) is 0 Å². The van der Waals surface area contributed by atoms with Gasteiger partial charge in [-0.1, -0.05) is 13.3 Å². The first-order valence-corrected chi connectivity index (χ1v) is 7.16. The molecule has 0 radical (unpaired) electrons. The van der Waals surface area contributed by atoms with Crippen LogP contribution in [0, 0.1) is 0 Å². The predicted molar refractivity (Wildman–Crippen MR) is 70.6 cm³/mol. The number of ether oxygens (including phenoxy) is 1. The van der Waals surface area contributed by atoms with Crippen molar-refractivity contribution in [1.29, 1.82) is 0 Å². The number of amides is 2. The summed E-state index contributed by atoms with van der Waals surface area (Å²) in [6, 6.07) is 0.123. The summed E-state index contributed by atoms with van der Waals surface area (Å²) >= 11 is 0. The highest BCUT2D eigenvalue weighted by molar-refractivity contribution is 5.74. The van der Waals surface area contributed by atoms with Crippen molar-refractivity contribution in [3.8, 4) is 0 Å². The van der Waals surface area contributed by atoms with Crippen LogP contribution < -0.4 is 16.0 Å². The average Bonchev–Trinajstić information content (AvgIpc) is 2.73. The molecule has 0 aromatic carbocycles. The highest BCUT2D eigenvalue weighted by Crippen LogP contribution is 2.34. The molecule has 2 heterocycles. The minimum atomic E-state index is -0.118. The van der Waals surface area contributed by atoms with E-state index in [4.69, 9.17) is 4.74 Å². The maximum atomic E-state index is 11.8. The lowest BCUT2D eigenvalue weighted by molar-refractivity contribution is -0.0316. The van der Waals surface area contributed by atoms with Gasteiger partial charge in [0.25, 0.3) is 0 Å². The first-order chi connectivity index (χ1) is 8.77. The third-order valence-corrected chi connectivity index (χ3v) is 4.00. The van der Waals surface area contributed by atoms with E-state index in [1.165, 1.54) is 0 Å². The summed E-state index contributed by atoms with van der Waals surface area (Å²) in [5.74, 6) is 0. The molecule has 18 heavy (non-hydrogen) atoms. The lowest BCUT2D eigenvalue weighted by atomic mass is 9.85. The second-order valence-electron chi connectivity index (χ2n) is 5.26. The molecule has 5 nitrogen and oxygen atoms in total. The Labute approximate surface area is 109 Å². The van der Waals surface area contributed by atoms with E-state index in [1.54, 1.807) is 0 Å². The number of carbonyl (C=O) groups excluding carboxylic acids is 1. The van der Waals surface area contributed by atoms with Gasteiger partial charge in [0, 0.05) is 13.2 Å². The standard InChI is InChI=1S/C13H25N3O2/c1-2-3-7-15-12(17)16-11-4-10-18-13(11)5-8-14-9-6-13/h11,14H,2-10H2,1H3,(H2,15,16,17). The summed E-state index contributed by atoms with van der Waals surface area (Å²) in [5.41, 5.74) is -0.118. The number of rotatable bonds is 4. The van der Waals surface area contributed by atoms with E-state index in [2.05, 4.69) is 22.9 Å². The SMILES string of the molecule is CCCCNC(=O)NC1CCOC12CCNCC2. The van der Waals surface area contributed by atoms with E-state index in [0.717, 1.165) is 58.3 Å². The minimum Gasteiger partial charge on any atom is -0.373 e. The van der Waals surface area contributed by atoms with Crippen molar-refractivity contribution < 1.29 is 9.53 Å². The fourth-order valence-corrected chi connectivity index (χ4v) is 2.88. The van der Waals surface area contributed by atoms with Gasteiger partial charge in [0.15, 0.2) is 0 Å². The van der Waals surface area contributed by atoms with Crippen LogP contribution in [0.1, 0.15) is 39.0 Å². The van der Waals surface area contributed by atoms with Crippen LogP contribution in [0.25, 0.3) is 0 Å². The smallest absolute Gasteiger partial charge is 0.315 e. The number of unbranched alkanes of at least 4 members (excludes halogenated alkanes) is 1. The summed E-state index contributed by atoms with van der Waals surface area (Å²) in [5, 5.41) is 9.35. The second-order valence-corrected chi connectivity index (χ2v) is 5.26. The summed E-state index contributed by atoms with van der Waals surface area (Å²) < 4.78 is 5.94. The normalized spacial score (nSPS) is 26.2. The van der Waals surface area contributed by atoms with Crippen LogP contribution >= 0.6 is 0 Å². The lowest BCUT2D eigenvalue weighted by Gasteiger charge is -2.38. The number of urea groups is 1. The first kappa shape index (κ1) is 13.6. The number of hydrogen-bond donors (Lipinski definition) is 3. The summed E-state index contributed by atoms with van der Waals surface area (Å²) in [7, 11) is 0. The van der Waals surface area contributed by atoms with Crippen molar-refractivity contribution in [1.82, 2.24) is 16.0 Å². The fourth-order valence-electron chi connectivity index (χ4n) is 2.88. The monoisotopic (exact) mass is 255 g/mol. The van der Waals surface area contributed by atoms with Gasteiger partial charge in [-0.15, -0.1) is 0 Å². The summed E-state index contributed by atoms with van der Waals surface area (Å²) in [4.78, 5) is 11.8. The van der Waals surface area contributed by atoms with Gasteiger partial charge >= 0.3 is 6.03 Å². The van der Waals surface area contributed by atoms with Gasteiger partial charge < -0.3 is 20.7 Å².